The van der Waals surface area contributed by atoms with Gasteiger partial charge in [0.25, 0.3) is 0 Å². The molecule has 2 aromatic rings. The maximum absolute atomic E-state index is 13.8. The van der Waals surface area contributed by atoms with Gasteiger partial charge < -0.3 is 10.6 Å². The highest BCUT2D eigenvalue weighted by Gasteiger charge is 2.18. The Morgan fingerprint density at radius 1 is 1.33 bits per heavy atom. The summed E-state index contributed by atoms with van der Waals surface area (Å²) in [5, 5.41) is 2.09. The second-order valence-electron chi connectivity index (χ2n) is 5.69. The van der Waals surface area contributed by atoms with Crippen LogP contribution in [-0.4, -0.2) is 13.1 Å². The monoisotopic (exact) mass is 306 g/mol. The Morgan fingerprint density at radius 3 is 2.62 bits per heavy atom. The average Bonchev–Trinajstić information content (AvgIpc) is 2.93. The molecule has 1 aromatic carbocycles. The van der Waals surface area contributed by atoms with E-state index in [4.69, 9.17) is 5.73 Å². The van der Waals surface area contributed by atoms with Gasteiger partial charge in [0.05, 0.1) is 0 Å². The van der Waals surface area contributed by atoms with Crippen molar-refractivity contribution in [1.29, 1.82) is 0 Å². The van der Waals surface area contributed by atoms with Crippen LogP contribution >= 0.6 is 11.3 Å². The van der Waals surface area contributed by atoms with E-state index >= 15 is 0 Å². The molecular formula is C17H23FN2S. The minimum Gasteiger partial charge on any atom is -0.371 e. The molecule has 0 fully saturated rings. The summed E-state index contributed by atoms with van der Waals surface area (Å²) in [6, 6.07) is 7.83. The summed E-state index contributed by atoms with van der Waals surface area (Å²) < 4.78 is 13.8. The maximum Gasteiger partial charge on any atom is 0.126 e. The Morgan fingerprint density at radius 2 is 2.05 bits per heavy atom. The predicted molar refractivity (Wildman–Crippen MR) is 89.6 cm³/mol. The highest BCUT2D eigenvalue weighted by molar-refractivity contribution is 7.09. The van der Waals surface area contributed by atoms with Crippen molar-refractivity contribution in [3.63, 3.8) is 0 Å². The quantitative estimate of drug-likeness (QED) is 0.893. The summed E-state index contributed by atoms with van der Waals surface area (Å²) in [5.74, 6) is -0.189. The first kappa shape index (κ1) is 16.0. The van der Waals surface area contributed by atoms with Crippen molar-refractivity contribution < 1.29 is 4.39 Å². The van der Waals surface area contributed by atoms with Crippen LogP contribution in [0, 0.1) is 12.7 Å². The van der Waals surface area contributed by atoms with Crippen LogP contribution < -0.4 is 10.6 Å². The molecule has 0 saturated carbocycles. The lowest BCUT2D eigenvalue weighted by Crippen LogP contribution is -2.32. The van der Waals surface area contributed by atoms with Crippen LogP contribution in [0.4, 0.5) is 10.1 Å². The maximum atomic E-state index is 13.8. The zero-order chi connectivity index (χ0) is 15.6. The smallest absolute Gasteiger partial charge is 0.126 e. The van der Waals surface area contributed by atoms with Gasteiger partial charge in [0.2, 0.25) is 0 Å². The summed E-state index contributed by atoms with van der Waals surface area (Å²) in [6.07, 6.45) is 0.975. The summed E-state index contributed by atoms with van der Waals surface area (Å²) in [4.78, 5) is 3.56. The standard InChI is InChI=1S/C17H23FN2S/c1-11-8-17(15(13(3)19)10-16(11)18)20(4)12(2)9-14-6-5-7-21-14/h5-8,10,12-13H,9,19H2,1-4H3/t12?,13-/m0/s1. The molecule has 0 aliphatic rings. The van der Waals surface area contributed by atoms with Crippen molar-refractivity contribution in [1.82, 2.24) is 0 Å². The van der Waals surface area contributed by atoms with Gasteiger partial charge in [0, 0.05) is 36.1 Å². The second-order valence-corrected chi connectivity index (χ2v) is 6.72. The summed E-state index contributed by atoms with van der Waals surface area (Å²) >= 11 is 1.77. The normalized spacial score (nSPS) is 14.0. The minimum absolute atomic E-state index is 0.188. The summed E-state index contributed by atoms with van der Waals surface area (Å²) in [5.41, 5.74) is 8.55. The van der Waals surface area contributed by atoms with Crippen molar-refractivity contribution in [2.75, 3.05) is 11.9 Å². The lowest BCUT2D eigenvalue weighted by Gasteiger charge is -2.30. The molecule has 2 atom stereocenters. The third-order valence-electron chi connectivity index (χ3n) is 3.92. The van der Waals surface area contributed by atoms with E-state index in [1.54, 1.807) is 24.3 Å². The van der Waals surface area contributed by atoms with E-state index in [2.05, 4.69) is 36.4 Å². The highest BCUT2D eigenvalue weighted by Crippen LogP contribution is 2.29. The number of nitrogens with zero attached hydrogens (tertiary/aromatic N) is 1. The van der Waals surface area contributed by atoms with Crippen molar-refractivity contribution in [3.8, 4) is 0 Å². The largest absolute Gasteiger partial charge is 0.371 e. The number of rotatable bonds is 5. The van der Waals surface area contributed by atoms with Crippen LogP contribution in [0.3, 0.4) is 0 Å². The fourth-order valence-electron chi connectivity index (χ4n) is 2.45. The number of thiophene rings is 1. The van der Waals surface area contributed by atoms with Gasteiger partial charge in [-0.15, -0.1) is 11.3 Å². The molecule has 2 nitrogen and oxygen atoms in total. The first-order valence-corrected chi connectivity index (χ1v) is 8.09. The van der Waals surface area contributed by atoms with E-state index in [1.165, 1.54) is 4.88 Å². The summed E-state index contributed by atoms with van der Waals surface area (Å²) in [6.45, 7) is 5.87. The summed E-state index contributed by atoms with van der Waals surface area (Å²) in [7, 11) is 2.05. The van der Waals surface area contributed by atoms with Gasteiger partial charge in [-0.1, -0.05) is 6.07 Å². The van der Waals surface area contributed by atoms with Crippen LogP contribution in [0.5, 0.6) is 0 Å². The van der Waals surface area contributed by atoms with Crippen molar-refractivity contribution >= 4 is 17.0 Å². The average molecular weight is 306 g/mol. The molecule has 2 rings (SSSR count). The first-order chi connectivity index (χ1) is 9.90. The van der Waals surface area contributed by atoms with Crippen molar-refractivity contribution in [3.05, 3.63) is 51.5 Å². The molecule has 0 radical (unpaired) electrons. The van der Waals surface area contributed by atoms with E-state index in [9.17, 15) is 4.39 Å². The molecule has 1 heterocycles. The molecule has 0 bridgehead atoms. The van der Waals surface area contributed by atoms with Gasteiger partial charge in [0.1, 0.15) is 5.82 Å². The van der Waals surface area contributed by atoms with Gasteiger partial charge in [-0.2, -0.15) is 0 Å². The van der Waals surface area contributed by atoms with Crippen LogP contribution in [0.2, 0.25) is 0 Å². The molecule has 0 saturated heterocycles. The van der Waals surface area contributed by atoms with E-state index in [-0.39, 0.29) is 11.9 Å². The van der Waals surface area contributed by atoms with Crippen LogP contribution in [0.25, 0.3) is 0 Å². The van der Waals surface area contributed by atoms with Crippen LogP contribution in [-0.2, 0) is 6.42 Å². The fourth-order valence-corrected chi connectivity index (χ4v) is 3.27. The van der Waals surface area contributed by atoms with Gasteiger partial charge in [-0.3, -0.25) is 0 Å². The lowest BCUT2D eigenvalue weighted by atomic mass is 10.0. The van der Waals surface area contributed by atoms with Crippen LogP contribution in [0.1, 0.15) is 35.9 Å². The number of benzene rings is 1. The fraction of sp³-hybridized carbons (Fsp3) is 0.412. The van der Waals surface area contributed by atoms with Gasteiger partial charge in [0.15, 0.2) is 0 Å². The second kappa shape index (κ2) is 6.58. The molecule has 114 valence electrons. The molecule has 1 unspecified atom stereocenters. The van der Waals surface area contributed by atoms with E-state index in [0.717, 1.165) is 17.7 Å². The lowest BCUT2D eigenvalue weighted by molar-refractivity contribution is 0.610. The Hall–Kier alpha value is -1.39. The predicted octanol–water partition coefficient (Wildman–Crippen LogP) is 4.28. The van der Waals surface area contributed by atoms with Gasteiger partial charge in [-0.25, -0.2) is 4.39 Å². The third kappa shape index (κ3) is 3.63. The molecule has 2 N–H and O–H groups in total. The molecule has 1 aromatic heterocycles. The number of nitrogens with two attached hydrogens (primary N) is 1. The number of halogens is 1. The highest BCUT2D eigenvalue weighted by atomic mass is 32.1. The Bertz CT molecular complexity index is 593. The minimum atomic E-state index is -0.189. The molecule has 21 heavy (non-hydrogen) atoms. The SMILES string of the molecule is Cc1cc(N(C)C(C)Cc2cccs2)c([C@H](C)N)cc1F. The molecule has 4 heteroatoms. The molecule has 0 aliphatic carbocycles. The number of aryl methyl sites for hydroxylation is 1. The van der Waals surface area contributed by atoms with E-state index in [1.807, 2.05) is 13.0 Å². The van der Waals surface area contributed by atoms with Gasteiger partial charge >= 0.3 is 0 Å². The van der Waals surface area contributed by atoms with Crippen LogP contribution in [0.15, 0.2) is 29.6 Å². The van der Waals surface area contributed by atoms with Gasteiger partial charge in [-0.05, 0) is 55.5 Å². The Balaban J connectivity index is 2.29. The Labute approximate surface area is 130 Å². The molecule has 0 aliphatic heterocycles. The van der Waals surface area contributed by atoms with E-state index in [0.29, 0.717) is 11.6 Å². The number of hydrogen-bond acceptors (Lipinski definition) is 3. The molecule has 0 spiro atoms. The molecule has 0 amide bonds. The zero-order valence-corrected chi connectivity index (χ0v) is 13.9. The molecular weight excluding hydrogens is 283 g/mol. The zero-order valence-electron chi connectivity index (χ0n) is 13.1. The number of likely N-dealkylation sites (N-methyl/N-ethyl adjacent to an activating group) is 1. The van der Waals surface area contributed by atoms with Crippen molar-refractivity contribution in [2.45, 2.75) is 39.3 Å². The number of hydrogen-bond donors (Lipinski definition) is 1. The third-order valence-corrected chi connectivity index (χ3v) is 4.82. The Kier molecular flexibility index (Phi) is 5.01. The van der Waals surface area contributed by atoms with E-state index < -0.39 is 0 Å². The number of anilines is 1. The topological polar surface area (TPSA) is 29.3 Å². The first-order valence-electron chi connectivity index (χ1n) is 7.21. The van der Waals surface area contributed by atoms with Crippen molar-refractivity contribution in [2.24, 2.45) is 5.73 Å².